The topological polar surface area (TPSA) is 111 Å². The molecule has 0 aromatic heterocycles. The number of hydrogen-bond acceptors (Lipinski definition) is 6. The summed E-state index contributed by atoms with van der Waals surface area (Å²) in [6, 6.07) is 12.5. The fourth-order valence-electron chi connectivity index (χ4n) is 3.84. The van der Waals surface area contributed by atoms with Crippen molar-refractivity contribution in [1.82, 2.24) is 4.90 Å². The van der Waals surface area contributed by atoms with Crippen LogP contribution in [0, 0.1) is 21.0 Å². The van der Waals surface area contributed by atoms with Crippen LogP contribution in [0.25, 0.3) is 0 Å². The van der Waals surface area contributed by atoms with Crippen molar-refractivity contribution >= 4 is 61.3 Å². The summed E-state index contributed by atoms with van der Waals surface area (Å²) in [4.78, 5) is 14.3. The smallest absolute Gasteiger partial charge is 0.256 e. The van der Waals surface area contributed by atoms with Crippen LogP contribution in [0.3, 0.4) is 0 Å². The van der Waals surface area contributed by atoms with Gasteiger partial charge in [0.2, 0.25) is 10.0 Å². The summed E-state index contributed by atoms with van der Waals surface area (Å²) >= 11 is 1.90. The molecule has 3 aromatic rings. The molecular formula is C24H22F3IN4O4S. The minimum absolute atomic E-state index is 0.0376. The quantitative estimate of drug-likeness (QED) is 0.274. The molecule has 4 rings (SSSR count). The molecule has 0 unspecified atom stereocenters. The fraction of sp³-hybridized carbons (Fsp3) is 0.208. The lowest BCUT2D eigenvalue weighted by molar-refractivity contribution is -0.0706. The molecule has 1 aliphatic rings. The van der Waals surface area contributed by atoms with Gasteiger partial charge in [0.1, 0.15) is 11.4 Å². The first kappa shape index (κ1) is 27.0. The average Bonchev–Trinajstić information content (AvgIpc) is 2.79. The molecule has 0 bridgehead atoms. The molecule has 1 saturated heterocycles. The van der Waals surface area contributed by atoms with Crippen LogP contribution in [0.4, 0.5) is 35.9 Å². The van der Waals surface area contributed by atoms with Crippen LogP contribution in [-0.2, 0) is 10.0 Å². The van der Waals surface area contributed by atoms with Crippen LogP contribution >= 0.6 is 22.6 Å². The molecule has 0 atom stereocenters. The Bertz CT molecular complexity index is 1470. The minimum atomic E-state index is -3.46. The molecule has 1 amide bonds. The van der Waals surface area contributed by atoms with E-state index < -0.39 is 44.7 Å². The Morgan fingerprint density at radius 1 is 1.05 bits per heavy atom. The van der Waals surface area contributed by atoms with Gasteiger partial charge in [0, 0.05) is 15.8 Å². The third kappa shape index (κ3) is 6.45. The van der Waals surface area contributed by atoms with Crippen LogP contribution in [0.2, 0.25) is 0 Å². The summed E-state index contributed by atoms with van der Waals surface area (Å²) in [6.07, 6.45) is 1.03. The SMILES string of the molecule is CS(=O)(=O)Nc1cccc(NCC2(O)CN(C(=O)c3ccc(F)c(F)c3Nc3ccc(I)cc3F)C2)c1. The first-order valence-electron chi connectivity index (χ1n) is 10.9. The number of hydrogen-bond donors (Lipinski definition) is 4. The molecule has 13 heteroatoms. The van der Waals surface area contributed by atoms with E-state index >= 15 is 0 Å². The lowest BCUT2D eigenvalue weighted by Gasteiger charge is -2.46. The predicted octanol–water partition coefficient (Wildman–Crippen LogP) is 4.12. The number of anilines is 4. The maximum Gasteiger partial charge on any atom is 0.256 e. The standard InChI is InChI=1S/C24H22F3IN4O4S/c1-37(35,36)31-16-4-2-3-15(10-16)29-11-24(34)12-32(13-24)23(33)17-6-7-18(25)21(27)22(17)30-20-8-5-14(28)9-19(20)26/h2-10,29-31,34H,11-13H2,1H3. The lowest BCUT2D eigenvalue weighted by Crippen LogP contribution is -2.66. The number of nitrogens with one attached hydrogen (secondary N) is 3. The van der Waals surface area contributed by atoms with Gasteiger partial charge in [-0.15, -0.1) is 0 Å². The Labute approximate surface area is 225 Å². The molecule has 1 aliphatic heterocycles. The van der Waals surface area contributed by atoms with Gasteiger partial charge in [0.05, 0.1) is 42.0 Å². The maximum absolute atomic E-state index is 14.7. The molecule has 1 heterocycles. The Hall–Kier alpha value is -3.04. The van der Waals surface area contributed by atoms with Crippen molar-refractivity contribution in [3.63, 3.8) is 0 Å². The lowest BCUT2D eigenvalue weighted by atomic mass is 9.92. The molecule has 37 heavy (non-hydrogen) atoms. The molecule has 3 aromatic carbocycles. The van der Waals surface area contributed by atoms with Gasteiger partial charge in [-0.1, -0.05) is 6.07 Å². The largest absolute Gasteiger partial charge is 0.384 e. The Kier molecular flexibility index (Phi) is 7.57. The highest BCUT2D eigenvalue weighted by atomic mass is 127. The van der Waals surface area contributed by atoms with Crippen molar-refractivity contribution in [2.75, 3.05) is 41.2 Å². The number of likely N-dealkylation sites (tertiary alicyclic amines) is 1. The third-order valence-corrected chi connectivity index (χ3v) is 6.84. The van der Waals surface area contributed by atoms with E-state index in [2.05, 4.69) is 15.4 Å². The number of benzene rings is 3. The molecule has 196 valence electrons. The van der Waals surface area contributed by atoms with Crippen LogP contribution in [0.1, 0.15) is 10.4 Å². The highest BCUT2D eigenvalue weighted by molar-refractivity contribution is 14.1. The number of sulfonamides is 1. The number of aliphatic hydroxyl groups is 1. The van der Waals surface area contributed by atoms with E-state index in [1.165, 1.54) is 17.0 Å². The van der Waals surface area contributed by atoms with Crippen molar-refractivity contribution < 1.29 is 31.5 Å². The summed E-state index contributed by atoms with van der Waals surface area (Å²) in [5.41, 5.74) is -1.29. The van der Waals surface area contributed by atoms with Crippen molar-refractivity contribution in [3.8, 4) is 0 Å². The van der Waals surface area contributed by atoms with Crippen molar-refractivity contribution in [2.45, 2.75) is 5.60 Å². The summed E-state index contributed by atoms with van der Waals surface area (Å²) < 4.78 is 68.7. The number of carbonyl (C=O) groups excluding carboxylic acids is 1. The zero-order valence-corrected chi connectivity index (χ0v) is 22.3. The number of carbonyl (C=O) groups is 1. The van der Waals surface area contributed by atoms with Gasteiger partial charge < -0.3 is 20.6 Å². The van der Waals surface area contributed by atoms with Gasteiger partial charge in [-0.3, -0.25) is 9.52 Å². The van der Waals surface area contributed by atoms with Gasteiger partial charge in [-0.25, -0.2) is 21.6 Å². The van der Waals surface area contributed by atoms with E-state index in [1.807, 2.05) is 22.6 Å². The first-order valence-corrected chi connectivity index (χ1v) is 13.8. The van der Waals surface area contributed by atoms with Gasteiger partial charge >= 0.3 is 0 Å². The van der Waals surface area contributed by atoms with Crippen LogP contribution in [-0.4, -0.2) is 55.8 Å². The summed E-state index contributed by atoms with van der Waals surface area (Å²) in [6.45, 7) is -0.164. The van der Waals surface area contributed by atoms with Gasteiger partial charge in [0.25, 0.3) is 5.91 Å². The monoisotopic (exact) mass is 646 g/mol. The summed E-state index contributed by atoms with van der Waals surface area (Å²) in [5.74, 6) is -3.91. The van der Waals surface area contributed by atoms with Gasteiger partial charge in [-0.05, 0) is 71.1 Å². The Morgan fingerprint density at radius 3 is 2.43 bits per heavy atom. The van der Waals surface area contributed by atoms with E-state index in [0.717, 1.165) is 18.4 Å². The number of nitrogens with zero attached hydrogens (tertiary/aromatic N) is 1. The predicted molar refractivity (Wildman–Crippen MR) is 143 cm³/mol. The second-order valence-corrected chi connectivity index (χ2v) is 11.7. The normalized spacial score (nSPS) is 14.6. The highest BCUT2D eigenvalue weighted by Crippen LogP contribution is 2.32. The second kappa shape index (κ2) is 10.4. The van der Waals surface area contributed by atoms with Crippen LogP contribution in [0.15, 0.2) is 54.6 Å². The molecule has 4 N–H and O–H groups in total. The van der Waals surface area contributed by atoms with E-state index in [4.69, 9.17) is 0 Å². The molecule has 0 aliphatic carbocycles. The summed E-state index contributed by atoms with van der Waals surface area (Å²) in [5, 5.41) is 16.3. The fourth-order valence-corrected chi connectivity index (χ4v) is 4.85. The number of rotatable bonds is 8. The Balaban J connectivity index is 1.45. The zero-order valence-electron chi connectivity index (χ0n) is 19.4. The summed E-state index contributed by atoms with van der Waals surface area (Å²) in [7, 11) is -3.46. The van der Waals surface area contributed by atoms with Gasteiger partial charge in [0.15, 0.2) is 11.6 Å². The van der Waals surface area contributed by atoms with Crippen molar-refractivity contribution in [3.05, 3.63) is 81.2 Å². The van der Waals surface area contributed by atoms with E-state index in [1.54, 1.807) is 30.3 Å². The Morgan fingerprint density at radius 2 is 1.76 bits per heavy atom. The molecule has 0 saturated carbocycles. The molecule has 1 fully saturated rings. The number of halogens is 4. The van der Waals surface area contributed by atoms with Crippen LogP contribution in [0.5, 0.6) is 0 Å². The first-order chi connectivity index (χ1) is 17.3. The van der Waals surface area contributed by atoms with Gasteiger partial charge in [-0.2, -0.15) is 0 Å². The second-order valence-electron chi connectivity index (χ2n) is 8.73. The third-order valence-electron chi connectivity index (χ3n) is 5.56. The molecular weight excluding hydrogens is 624 g/mol. The van der Waals surface area contributed by atoms with Crippen molar-refractivity contribution in [2.24, 2.45) is 0 Å². The number of amides is 1. The highest BCUT2D eigenvalue weighted by Gasteiger charge is 2.44. The average molecular weight is 646 g/mol. The van der Waals surface area contributed by atoms with Crippen molar-refractivity contribution in [1.29, 1.82) is 0 Å². The van der Waals surface area contributed by atoms with E-state index in [9.17, 15) is 31.5 Å². The van der Waals surface area contributed by atoms with Crippen LogP contribution < -0.4 is 15.4 Å². The molecule has 8 nitrogen and oxygen atoms in total. The molecule has 0 radical (unpaired) electrons. The maximum atomic E-state index is 14.7. The van der Waals surface area contributed by atoms with E-state index in [-0.39, 0.29) is 30.9 Å². The van der Waals surface area contributed by atoms with E-state index in [0.29, 0.717) is 14.9 Å². The zero-order chi connectivity index (χ0) is 27.0. The molecule has 0 spiro atoms. The number of β-amino-alcohol motifs (C(OH)–C–C–N with tert-alkyl or cyclic N) is 1. The minimum Gasteiger partial charge on any atom is -0.384 e.